The molecule has 0 unspecified atom stereocenters. The van der Waals surface area contributed by atoms with Crippen molar-refractivity contribution < 1.29 is 4.74 Å². The number of rotatable bonds is 8. The monoisotopic (exact) mass is 454 g/mol. The molecule has 0 saturated heterocycles. The number of nitrogens with zero attached hydrogens (tertiary/aromatic N) is 6. The quantitative estimate of drug-likeness (QED) is 0.381. The summed E-state index contributed by atoms with van der Waals surface area (Å²) in [5.74, 6) is 2.27. The highest BCUT2D eigenvalue weighted by atomic mass is 16.5. The summed E-state index contributed by atoms with van der Waals surface area (Å²) in [7, 11) is 1.69. The zero-order chi connectivity index (χ0) is 23.9. The van der Waals surface area contributed by atoms with Gasteiger partial charge in [-0.1, -0.05) is 13.8 Å². The van der Waals surface area contributed by atoms with E-state index in [0.29, 0.717) is 34.5 Å². The lowest BCUT2D eigenvalue weighted by atomic mass is 10.1. The Morgan fingerprint density at radius 2 is 2.00 bits per heavy atom. The van der Waals surface area contributed by atoms with Crippen LogP contribution >= 0.6 is 0 Å². The highest BCUT2D eigenvalue weighted by molar-refractivity contribution is 6.11. The molecule has 0 aliphatic heterocycles. The van der Waals surface area contributed by atoms with Gasteiger partial charge in [-0.2, -0.15) is 5.10 Å². The van der Waals surface area contributed by atoms with Crippen LogP contribution in [0, 0.1) is 0 Å². The number of nitrogens with two attached hydrogens (primary N) is 1. The second-order valence-electron chi connectivity index (χ2n) is 7.92. The van der Waals surface area contributed by atoms with E-state index < -0.39 is 0 Å². The van der Waals surface area contributed by atoms with Crippen LogP contribution in [-0.4, -0.2) is 45.0 Å². The van der Waals surface area contributed by atoms with Crippen LogP contribution in [-0.2, 0) is 0 Å². The van der Waals surface area contributed by atoms with E-state index in [2.05, 4.69) is 44.3 Å². The average molecular weight is 455 g/mol. The number of pyridine rings is 3. The van der Waals surface area contributed by atoms with Crippen molar-refractivity contribution >= 4 is 34.5 Å². The molecule has 0 fully saturated rings. The molecule has 0 amide bonds. The fourth-order valence-electron chi connectivity index (χ4n) is 3.26. The second kappa shape index (κ2) is 10.5. The van der Waals surface area contributed by atoms with Gasteiger partial charge in [0.2, 0.25) is 0 Å². The van der Waals surface area contributed by atoms with Crippen molar-refractivity contribution in [3.8, 4) is 5.75 Å². The first-order valence-corrected chi connectivity index (χ1v) is 10.8. The van der Waals surface area contributed by atoms with Crippen molar-refractivity contribution in [3.05, 3.63) is 78.0 Å². The Labute approximate surface area is 197 Å². The van der Waals surface area contributed by atoms with E-state index >= 15 is 0 Å². The third-order valence-corrected chi connectivity index (χ3v) is 5.08. The van der Waals surface area contributed by atoms with Crippen LogP contribution in [0.25, 0.3) is 16.6 Å². The van der Waals surface area contributed by atoms with E-state index in [9.17, 15) is 0 Å². The van der Waals surface area contributed by atoms with Crippen LogP contribution in [0.2, 0.25) is 0 Å². The Morgan fingerprint density at radius 3 is 2.76 bits per heavy atom. The smallest absolute Gasteiger partial charge is 0.154 e. The maximum atomic E-state index is 6.37. The molecule has 4 heterocycles. The molecule has 0 aliphatic rings. The van der Waals surface area contributed by atoms with Crippen LogP contribution in [0.5, 0.6) is 5.75 Å². The average Bonchev–Trinajstić information content (AvgIpc) is 2.86. The molecule has 0 atom stereocenters. The van der Waals surface area contributed by atoms with Gasteiger partial charge in [-0.25, -0.2) is 4.98 Å². The van der Waals surface area contributed by atoms with Gasteiger partial charge in [0.05, 0.1) is 29.1 Å². The van der Waals surface area contributed by atoms with Crippen LogP contribution in [0.3, 0.4) is 0 Å². The molecule has 3 N–H and O–H groups in total. The largest absolute Gasteiger partial charge is 0.486 e. The third-order valence-electron chi connectivity index (χ3n) is 5.08. The maximum Gasteiger partial charge on any atom is 0.154 e. The SMILES string of the molecule is CN=CC(=C(N)COc1cccnc1)c1cnc2ccc(Nc3cc(C(C)C)cnn3)nc2c1. The minimum Gasteiger partial charge on any atom is -0.486 e. The summed E-state index contributed by atoms with van der Waals surface area (Å²) >= 11 is 0. The molecular formula is C25H26N8O. The predicted molar refractivity (Wildman–Crippen MR) is 134 cm³/mol. The fraction of sp³-hybridized carbons (Fsp3) is 0.200. The van der Waals surface area contributed by atoms with Crippen molar-refractivity contribution in [2.45, 2.75) is 19.8 Å². The molecule has 0 aromatic carbocycles. The summed E-state index contributed by atoms with van der Waals surface area (Å²) in [6, 6.07) is 11.3. The molecule has 0 bridgehead atoms. The molecule has 0 spiro atoms. The van der Waals surface area contributed by atoms with E-state index in [-0.39, 0.29) is 6.61 Å². The maximum absolute atomic E-state index is 6.37. The number of aliphatic imine (C=N–C) groups is 1. The molecule has 0 aliphatic carbocycles. The molecule has 34 heavy (non-hydrogen) atoms. The molecule has 4 aromatic heterocycles. The van der Waals surface area contributed by atoms with Gasteiger partial charge in [0, 0.05) is 36.8 Å². The summed E-state index contributed by atoms with van der Waals surface area (Å²) in [6.45, 7) is 4.41. The highest BCUT2D eigenvalue weighted by Gasteiger charge is 2.10. The van der Waals surface area contributed by atoms with Gasteiger partial charge >= 0.3 is 0 Å². The van der Waals surface area contributed by atoms with Crippen LogP contribution in [0.4, 0.5) is 11.6 Å². The van der Waals surface area contributed by atoms with Gasteiger partial charge in [-0.05, 0) is 47.9 Å². The Bertz CT molecular complexity index is 1340. The standard InChI is InChI=1S/C25H26N8O/c1-16(2)17-10-25(33-30-12-17)32-24-7-6-22-23(31-24)9-18(11-29-22)20(14-27-3)21(26)15-34-19-5-4-8-28-13-19/h4-14,16H,15,26H2,1-3H3,(H,31,32,33). The van der Waals surface area contributed by atoms with Crippen LogP contribution < -0.4 is 15.8 Å². The van der Waals surface area contributed by atoms with Crippen LogP contribution in [0.15, 0.2) is 71.9 Å². The zero-order valence-electron chi connectivity index (χ0n) is 19.3. The Morgan fingerprint density at radius 1 is 1.12 bits per heavy atom. The van der Waals surface area contributed by atoms with Gasteiger partial charge in [-0.3, -0.25) is 15.0 Å². The molecule has 0 radical (unpaired) electrons. The zero-order valence-corrected chi connectivity index (χ0v) is 19.3. The van der Waals surface area contributed by atoms with E-state index in [1.54, 1.807) is 44.1 Å². The Balaban J connectivity index is 1.62. The number of nitrogens with one attached hydrogen (secondary N) is 1. The van der Waals surface area contributed by atoms with Gasteiger partial charge < -0.3 is 15.8 Å². The number of hydrogen-bond acceptors (Lipinski definition) is 9. The first-order chi connectivity index (χ1) is 16.5. The van der Waals surface area contributed by atoms with Crippen molar-refractivity contribution in [1.82, 2.24) is 25.1 Å². The number of aromatic nitrogens is 5. The van der Waals surface area contributed by atoms with Crippen molar-refractivity contribution in [2.24, 2.45) is 10.7 Å². The topological polar surface area (TPSA) is 124 Å². The first-order valence-electron chi connectivity index (χ1n) is 10.8. The summed E-state index contributed by atoms with van der Waals surface area (Å²) in [6.07, 6.45) is 8.54. The van der Waals surface area contributed by atoms with Crippen molar-refractivity contribution in [1.29, 1.82) is 0 Å². The number of anilines is 2. The summed E-state index contributed by atoms with van der Waals surface area (Å²) < 4.78 is 5.75. The Hall–Kier alpha value is -4.40. The van der Waals surface area contributed by atoms with Gasteiger partial charge in [0.25, 0.3) is 0 Å². The van der Waals surface area contributed by atoms with E-state index in [1.165, 1.54) is 0 Å². The minimum atomic E-state index is 0.185. The lowest BCUT2D eigenvalue weighted by Crippen LogP contribution is -2.13. The number of hydrogen-bond donors (Lipinski definition) is 2. The molecular weight excluding hydrogens is 428 g/mol. The van der Waals surface area contributed by atoms with Crippen molar-refractivity contribution in [3.63, 3.8) is 0 Å². The molecule has 9 nitrogen and oxygen atoms in total. The first kappa shape index (κ1) is 22.8. The summed E-state index contributed by atoms with van der Waals surface area (Å²) in [5.41, 5.74) is 11.0. The molecule has 4 aromatic rings. The van der Waals surface area contributed by atoms with Crippen molar-refractivity contribution in [2.75, 3.05) is 19.0 Å². The van der Waals surface area contributed by atoms with E-state index in [1.807, 2.05) is 30.3 Å². The van der Waals surface area contributed by atoms with E-state index in [0.717, 1.165) is 22.2 Å². The summed E-state index contributed by atoms with van der Waals surface area (Å²) in [5, 5.41) is 11.5. The molecule has 9 heteroatoms. The lowest BCUT2D eigenvalue weighted by Gasteiger charge is -2.11. The molecule has 0 saturated carbocycles. The lowest BCUT2D eigenvalue weighted by molar-refractivity contribution is 0.350. The summed E-state index contributed by atoms with van der Waals surface area (Å²) in [4.78, 5) is 17.5. The molecule has 4 rings (SSSR count). The van der Waals surface area contributed by atoms with E-state index in [4.69, 9.17) is 15.5 Å². The Kier molecular flexibility index (Phi) is 7.02. The second-order valence-corrected chi connectivity index (χ2v) is 7.92. The highest BCUT2D eigenvalue weighted by Crippen LogP contribution is 2.23. The van der Waals surface area contributed by atoms with Gasteiger partial charge in [0.15, 0.2) is 5.82 Å². The third kappa shape index (κ3) is 5.50. The van der Waals surface area contributed by atoms with Gasteiger partial charge in [0.1, 0.15) is 18.2 Å². The number of ether oxygens (including phenoxy) is 1. The number of fused-ring (bicyclic) bond motifs is 1. The molecule has 172 valence electrons. The predicted octanol–water partition coefficient (Wildman–Crippen LogP) is 4.13. The minimum absolute atomic E-state index is 0.185. The van der Waals surface area contributed by atoms with Crippen LogP contribution in [0.1, 0.15) is 30.9 Å². The normalized spacial score (nSPS) is 12.2. The fourth-order valence-corrected chi connectivity index (χ4v) is 3.26. The number of allylic oxidation sites excluding steroid dienone is 1. The van der Waals surface area contributed by atoms with Gasteiger partial charge in [-0.15, -0.1) is 5.10 Å².